The van der Waals surface area contributed by atoms with Crippen LogP contribution in [0.2, 0.25) is 0 Å². The van der Waals surface area contributed by atoms with Gasteiger partial charge in [0.25, 0.3) is 0 Å². The Kier molecular flexibility index (Phi) is 9.73. The second kappa shape index (κ2) is 11.8. The van der Waals surface area contributed by atoms with Crippen LogP contribution in [0.1, 0.15) is 59.8 Å². The molecule has 1 saturated heterocycles. The maximum absolute atomic E-state index is 13.1. The largest absolute Gasteiger partial charge is 0.492 e. The Morgan fingerprint density at radius 3 is 2.21 bits per heavy atom. The zero-order valence-corrected chi connectivity index (χ0v) is 21.4. The van der Waals surface area contributed by atoms with Crippen LogP contribution in [-0.2, 0) is 33.3 Å². The number of carbonyl (C=O) groups is 2. The molecule has 0 aromatic heterocycles. The molecule has 1 fully saturated rings. The SMILES string of the molecule is COC1=C(OC)C(OC)(OC)C(C)C(C/C=C(\C)CC/C=C(\C)CC2CC(C)C(=O)O2)C1=O. The number of ether oxygens (including phenoxy) is 5. The van der Waals surface area contributed by atoms with E-state index in [-0.39, 0.29) is 47.1 Å². The Morgan fingerprint density at radius 2 is 1.70 bits per heavy atom. The molecule has 2 aliphatic rings. The van der Waals surface area contributed by atoms with Crippen LogP contribution in [0.15, 0.2) is 34.8 Å². The number of methoxy groups -OCH3 is 4. The van der Waals surface area contributed by atoms with Gasteiger partial charge >= 0.3 is 5.97 Å². The number of esters is 1. The number of allylic oxidation sites excluding steroid dienone is 4. The first-order valence-electron chi connectivity index (χ1n) is 11.6. The summed E-state index contributed by atoms with van der Waals surface area (Å²) in [5.41, 5.74) is 2.44. The molecule has 7 heteroatoms. The zero-order chi connectivity index (χ0) is 24.8. The van der Waals surface area contributed by atoms with Crippen LogP contribution in [0.3, 0.4) is 0 Å². The van der Waals surface area contributed by atoms with Crippen molar-refractivity contribution in [3.05, 3.63) is 34.8 Å². The van der Waals surface area contributed by atoms with Crippen LogP contribution in [0, 0.1) is 17.8 Å². The number of Topliss-reactive ketones (excluding diaryl/α,β-unsaturated/α-hetero) is 1. The summed E-state index contributed by atoms with van der Waals surface area (Å²) in [4.78, 5) is 24.7. The van der Waals surface area contributed by atoms with Gasteiger partial charge in [0.05, 0.1) is 20.1 Å². The van der Waals surface area contributed by atoms with Crippen molar-refractivity contribution in [3.63, 3.8) is 0 Å². The Balaban J connectivity index is 2.01. The van der Waals surface area contributed by atoms with Gasteiger partial charge in [-0.15, -0.1) is 0 Å². The number of hydrogen-bond donors (Lipinski definition) is 0. The molecule has 0 radical (unpaired) electrons. The van der Waals surface area contributed by atoms with Crippen molar-refractivity contribution in [2.45, 2.75) is 71.7 Å². The summed E-state index contributed by atoms with van der Waals surface area (Å²) in [6.07, 6.45) is 8.26. The summed E-state index contributed by atoms with van der Waals surface area (Å²) in [6.45, 7) is 8.01. The third-order valence-corrected chi connectivity index (χ3v) is 6.90. The Morgan fingerprint density at radius 1 is 1.03 bits per heavy atom. The highest BCUT2D eigenvalue weighted by Crippen LogP contribution is 2.44. The fourth-order valence-corrected chi connectivity index (χ4v) is 4.88. The average molecular weight is 465 g/mol. The molecule has 2 rings (SSSR count). The lowest BCUT2D eigenvalue weighted by Gasteiger charge is -2.43. The van der Waals surface area contributed by atoms with Gasteiger partial charge in [0.2, 0.25) is 23.1 Å². The molecular formula is C26H40O7. The second-order valence-corrected chi connectivity index (χ2v) is 9.18. The molecule has 7 nitrogen and oxygen atoms in total. The number of carbonyl (C=O) groups excluding carboxylic acids is 2. The summed E-state index contributed by atoms with van der Waals surface area (Å²) in [5.74, 6) is -1.58. The molecule has 4 atom stereocenters. The summed E-state index contributed by atoms with van der Waals surface area (Å²) in [5, 5.41) is 0. The van der Waals surface area contributed by atoms with Gasteiger partial charge in [0.1, 0.15) is 6.10 Å². The van der Waals surface area contributed by atoms with Gasteiger partial charge in [-0.2, -0.15) is 0 Å². The van der Waals surface area contributed by atoms with Crippen molar-refractivity contribution in [2.24, 2.45) is 17.8 Å². The van der Waals surface area contributed by atoms with Crippen molar-refractivity contribution >= 4 is 11.8 Å². The smallest absolute Gasteiger partial charge is 0.309 e. The molecular weight excluding hydrogens is 424 g/mol. The topological polar surface area (TPSA) is 80.3 Å². The van der Waals surface area contributed by atoms with Crippen molar-refractivity contribution in [2.75, 3.05) is 28.4 Å². The summed E-state index contributed by atoms with van der Waals surface area (Å²) in [6, 6.07) is 0. The van der Waals surface area contributed by atoms with Gasteiger partial charge < -0.3 is 23.7 Å². The molecule has 0 aromatic carbocycles. The predicted molar refractivity (Wildman–Crippen MR) is 125 cm³/mol. The third-order valence-electron chi connectivity index (χ3n) is 6.90. The molecule has 0 aromatic rings. The second-order valence-electron chi connectivity index (χ2n) is 9.18. The van der Waals surface area contributed by atoms with Crippen LogP contribution in [-0.4, -0.2) is 52.1 Å². The first-order chi connectivity index (χ1) is 15.6. The minimum absolute atomic E-state index is 0.000975. The minimum Gasteiger partial charge on any atom is -0.492 e. The number of ketones is 1. The van der Waals surface area contributed by atoms with Crippen molar-refractivity contribution in [1.82, 2.24) is 0 Å². The molecule has 0 bridgehead atoms. The van der Waals surface area contributed by atoms with Crippen molar-refractivity contribution in [1.29, 1.82) is 0 Å². The number of hydrogen-bond acceptors (Lipinski definition) is 7. The summed E-state index contributed by atoms with van der Waals surface area (Å²) >= 11 is 0. The standard InChI is InChI=1S/C26H40O7/c1-16(10-9-11-17(2)14-20-15-18(3)25(28)33-20)12-13-21-19(4)26(31-7,32-8)24(30-6)23(29-5)22(21)27/h11-12,18-21H,9-10,13-15H2,1-8H3/b16-12+,17-11+. The van der Waals surface area contributed by atoms with E-state index in [1.165, 1.54) is 25.4 Å². The molecule has 4 unspecified atom stereocenters. The maximum Gasteiger partial charge on any atom is 0.309 e. The lowest BCUT2D eigenvalue weighted by atomic mass is 9.75. The molecule has 33 heavy (non-hydrogen) atoms. The first kappa shape index (κ1) is 27.1. The van der Waals surface area contributed by atoms with Crippen LogP contribution in [0.5, 0.6) is 0 Å². The van der Waals surface area contributed by atoms with Gasteiger partial charge in [-0.1, -0.05) is 37.1 Å². The van der Waals surface area contributed by atoms with E-state index in [1.807, 2.05) is 13.8 Å². The fraction of sp³-hybridized carbons (Fsp3) is 0.692. The quantitative estimate of drug-likeness (QED) is 0.249. The van der Waals surface area contributed by atoms with E-state index >= 15 is 0 Å². The highest BCUT2D eigenvalue weighted by atomic mass is 16.7. The van der Waals surface area contributed by atoms with E-state index in [2.05, 4.69) is 26.0 Å². The molecule has 1 aliphatic heterocycles. The normalized spacial score (nSPS) is 28.2. The molecule has 1 heterocycles. The van der Waals surface area contributed by atoms with Crippen LogP contribution in [0.4, 0.5) is 0 Å². The Bertz CT molecular complexity index is 803. The molecule has 1 aliphatic carbocycles. The van der Waals surface area contributed by atoms with Gasteiger partial charge in [0.15, 0.2) is 0 Å². The molecule has 0 spiro atoms. The third kappa shape index (κ3) is 5.87. The van der Waals surface area contributed by atoms with E-state index < -0.39 is 5.79 Å². The van der Waals surface area contributed by atoms with Gasteiger partial charge in [-0.05, 0) is 39.5 Å². The van der Waals surface area contributed by atoms with E-state index in [0.717, 1.165) is 25.7 Å². The number of cyclic esters (lactones) is 1. The first-order valence-corrected chi connectivity index (χ1v) is 11.6. The van der Waals surface area contributed by atoms with E-state index in [0.29, 0.717) is 6.42 Å². The molecule has 0 saturated carbocycles. The van der Waals surface area contributed by atoms with Crippen LogP contribution in [0.25, 0.3) is 0 Å². The average Bonchev–Trinajstić information content (AvgIpc) is 3.09. The highest BCUT2D eigenvalue weighted by Gasteiger charge is 2.54. The molecule has 186 valence electrons. The fourth-order valence-electron chi connectivity index (χ4n) is 4.88. The lowest BCUT2D eigenvalue weighted by Crippen LogP contribution is -2.52. The van der Waals surface area contributed by atoms with Gasteiger partial charge in [0, 0.05) is 32.5 Å². The maximum atomic E-state index is 13.1. The zero-order valence-electron chi connectivity index (χ0n) is 21.4. The predicted octanol–water partition coefficient (Wildman–Crippen LogP) is 4.72. The van der Waals surface area contributed by atoms with Crippen molar-refractivity contribution < 1.29 is 33.3 Å². The van der Waals surface area contributed by atoms with Crippen LogP contribution < -0.4 is 0 Å². The van der Waals surface area contributed by atoms with Crippen LogP contribution >= 0.6 is 0 Å². The lowest BCUT2D eigenvalue weighted by molar-refractivity contribution is -0.244. The van der Waals surface area contributed by atoms with Crippen molar-refractivity contribution in [3.8, 4) is 0 Å². The molecule has 0 N–H and O–H groups in total. The summed E-state index contributed by atoms with van der Waals surface area (Å²) in [7, 11) is 6.03. The van der Waals surface area contributed by atoms with E-state index in [1.54, 1.807) is 14.2 Å². The van der Waals surface area contributed by atoms with E-state index in [9.17, 15) is 9.59 Å². The van der Waals surface area contributed by atoms with Gasteiger partial charge in [-0.25, -0.2) is 0 Å². The van der Waals surface area contributed by atoms with Gasteiger partial charge in [-0.3, -0.25) is 9.59 Å². The number of rotatable bonds is 11. The summed E-state index contributed by atoms with van der Waals surface area (Å²) < 4.78 is 27.7. The monoisotopic (exact) mass is 464 g/mol. The Hall–Kier alpha value is -2.12. The highest BCUT2D eigenvalue weighted by molar-refractivity contribution is 5.97. The molecule has 0 amide bonds. The van der Waals surface area contributed by atoms with E-state index in [4.69, 9.17) is 23.7 Å². The Labute approximate surface area is 198 Å². The minimum atomic E-state index is -1.18.